The first-order valence-electron chi connectivity index (χ1n) is 4.62. The van der Waals surface area contributed by atoms with E-state index in [1.54, 1.807) is 0 Å². The number of hydrogen-bond acceptors (Lipinski definition) is 1. The molecule has 2 aromatic rings. The Morgan fingerprint density at radius 2 is 1.47 bits per heavy atom. The maximum Gasteiger partial charge on any atom is 0.136 e. The molecule has 0 aliphatic carbocycles. The van der Waals surface area contributed by atoms with Crippen molar-refractivity contribution >= 4 is 11.6 Å². The Morgan fingerprint density at radius 3 is 2.00 bits per heavy atom. The SMILES string of the molecule is Oc1cc(Cl)cc(-c2c(F)cc(F)cc2F)c1. The monoisotopic (exact) mass is 258 g/mol. The zero-order valence-corrected chi connectivity index (χ0v) is 9.10. The van der Waals surface area contributed by atoms with Crippen LogP contribution in [0.15, 0.2) is 30.3 Å². The average molecular weight is 259 g/mol. The summed E-state index contributed by atoms with van der Waals surface area (Å²) in [7, 11) is 0. The quantitative estimate of drug-likeness (QED) is 0.815. The largest absolute Gasteiger partial charge is 0.508 e. The fourth-order valence-corrected chi connectivity index (χ4v) is 1.77. The van der Waals surface area contributed by atoms with Gasteiger partial charge in [0, 0.05) is 17.2 Å². The van der Waals surface area contributed by atoms with E-state index >= 15 is 0 Å². The predicted octanol–water partition coefficient (Wildman–Crippen LogP) is 4.13. The van der Waals surface area contributed by atoms with Crippen LogP contribution in [-0.4, -0.2) is 5.11 Å². The van der Waals surface area contributed by atoms with Crippen LogP contribution in [0, 0.1) is 17.5 Å². The normalized spacial score (nSPS) is 10.6. The van der Waals surface area contributed by atoms with Gasteiger partial charge in [0.05, 0.1) is 5.56 Å². The number of hydrogen-bond donors (Lipinski definition) is 1. The molecule has 88 valence electrons. The summed E-state index contributed by atoms with van der Waals surface area (Å²) in [6.07, 6.45) is 0. The lowest BCUT2D eigenvalue weighted by molar-refractivity contribution is 0.475. The fraction of sp³-hybridized carbons (Fsp3) is 0. The predicted molar refractivity (Wildman–Crippen MR) is 58.4 cm³/mol. The Labute approximate surface area is 100 Å². The van der Waals surface area contributed by atoms with Gasteiger partial charge in [-0.05, 0) is 23.8 Å². The molecule has 0 aliphatic rings. The lowest BCUT2D eigenvalue weighted by atomic mass is 10.0. The fourth-order valence-electron chi connectivity index (χ4n) is 1.54. The van der Waals surface area contributed by atoms with Crippen molar-refractivity contribution in [2.24, 2.45) is 0 Å². The summed E-state index contributed by atoms with van der Waals surface area (Å²) < 4.78 is 39.6. The molecule has 0 radical (unpaired) electrons. The Balaban J connectivity index is 2.68. The van der Waals surface area contributed by atoms with E-state index in [9.17, 15) is 18.3 Å². The third kappa shape index (κ3) is 2.36. The van der Waals surface area contributed by atoms with Crippen LogP contribution >= 0.6 is 11.6 Å². The summed E-state index contributed by atoms with van der Waals surface area (Å²) >= 11 is 5.66. The third-order valence-corrected chi connectivity index (χ3v) is 2.40. The van der Waals surface area contributed by atoms with Crippen LogP contribution in [0.1, 0.15) is 0 Å². The van der Waals surface area contributed by atoms with E-state index < -0.39 is 23.0 Å². The summed E-state index contributed by atoms with van der Waals surface area (Å²) in [6, 6.07) is 4.78. The van der Waals surface area contributed by atoms with Gasteiger partial charge in [-0.25, -0.2) is 13.2 Å². The van der Waals surface area contributed by atoms with E-state index in [0.29, 0.717) is 12.1 Å². The molecule has 0 bridgehead atoms. The van der Waals surface area contributed by atoms with Crippen molar-refractivity contribution < 1.29 is 18.3 Å². The molecule has 0 unspecified atom stereocenters. The van der Waals surface area contributed by atoms with Crippen molar-refractivity contribution in [3.8, 4) is 16.9 Å². The van der Waals surface area contributed by atoms with Crippen LogP contribution in [0.5, 0.6) is 5.75 Å². The van der Waals surface area contributed by atoms with Crippen molar-refractivity contribution in [3.63, 3.8) is 0 Å². The van der Waals surface area contributed by atoms with Gasteiger partial charge in [-0.15, -0.1) is 0 Å². The molecule has 0 amide bonds. The summed E-state index contributed by atoms with van der Waals surface area (Å²) in [5.41, 5.74) is -0.380. The number of benzene rings is 2. The second-order valence-corrected chi connectivity index (χ2v) is 3.88. The summed E-state index contributed by atoms with van der Waals surface area (Å²) in [5, 5.41) is 9.42. The number of halogens is 4. The Kier molecular flexibility index (Phi) is 2.98. The minimum Gasteiger partial charge on any atom is -0.508 e. The highest BCUT2D eigenvalue weighted by atomic mass is 35.5. The molecule has 2 rings (SSSR count). The highest BCUT2D eigenvalue weighted by Gasteiger charge is 2.14. The van der Waals surface area contributed by atoms with Gasteiger partial charge >= 0.3 is 0 Å². The molecule has 0 fully saturated rings. The number of aromatic hydroxyl groups is 1. The summed E-state index contributed by atoms with van der Waals surface area (Å²) in [4.78, 5) is 0. The molecule has 1 nitrogen and oxygen atoms in total. The van der Waals surface area contributed by atoms with Crippen LogP contribution in [0.3, 0.4) is 0 Å². The van der Waals surface area contributed by atoms with Gasteiger partial charge in [0.15, 0.2) is 0 Å². The second kappa shape index (κ2) is 4.30. The molecule has 0 atom stereocenters. The highest BCUT2D eigenvalue weighted by molar-refractivity contribution is 6.31. The van der Waals surface area contributed by atoms with Crippen LogP contribution in [0.25, 0.3) is 11.1 Å². The molecular formula is C12H6ClF3O. The molecule has 0 aliphatic heterocycles. The van der Waals surface area contributed by atoms with Gasteiger partial charge in [-0.3, -0.25) is 0 Å². The molecule has 1 N–H and O–H groups in total. The zero-order valence-electron chi connectivity index (χ0n) is 8.35. The van der Waals surface area contributed by atoms with E-state index in [4.69, 9.17) is 11.6 Å². The van der Waals surface area contributed by atoms with Crippen molar-refractivity contribution in [2.45, 2.75) is 0 Å². The molecule has 0 spiro atoms. The first-order valence-corrected chi connectivity index (χ1v) is 4.99. The first kappa shape index (κ1) is 11.8. The van der Waals surface area contributed by atoms with Crippen LogP contribution in [-0.2, 0) is 0 Å². The lowest BCUT2D eigenvalue weighted by Crippen LogP contribution is -1.92. The van der Waals surface area contributed by atoms with Gasteiger partial charge in [0.25, 0.3) is 0 Å². The van der Waals surface area contributed by atoms with Crippen LogP contribution in [0.4, 0.5) is 13.2 Å². The van der Waals surface area contributed by atoms with Gasteiger partial charge in [-0.1, -0.05) is 11.6 Å². The Bertz CT molecular complexity index is 541. The summed E-state index contributed by atoms with van der Waals surface area (Å²) in [5.74, 6) is -3.33. The van der Waals surface area contributed by atoms with E-state index in [0.717, 1.165) is 6.07 Å². The molecule has 0 saturated carbocycles. The van der Waals surface area contributed by atoms with Gasteiger partial charge < -0.3 is 5.11 Å². The van der Waals surface area contributed by atoms with E-state index in [-0.39, 0.29) is 16.3 Å². The van der Waals surface area contributed by atoms with Gasteiger partial charge in [-0.2, -0.15) is 0 Å². The molecule has 0 saturated heterocycles. The smallest absolute Gasteiger partial charge is 0.136 e. The Morgan fingerprint density at radius 1 is 0.882 bits per heavy atom. The van der Waals surface area contributed by atoms with E-state index in [1.165, 1.54) is 12.1 Å². The first-order chi connectivity index (χ1) is 7.97. The lowest BCUT2D eigenvalue weighted by Gasteiger charge is -2.06. The molecule has 0 heterocycles. The molecule has 2 aromatic carbocycles. The van der Waals surface area contributed by atoms with Gasteiger partial charge in [0.1, 0.15) is 23.2 Å². The molecule has 0 aromatic heterocycles. The van der Waals surface area contributed by atoms with Crippen molar-refractivity contribution in [3.05, 3.63) is 52.8 Å². The minimum atomic E-state index is -1.05. The number of phenols is 1. The maximum absolute atomic E-state index is 13.5. The Hall–Kier alpha value is -1.68. The van der Waals surface area contributed by atoms with Gasteiger partial charge in [0.2, 0.25) is 0 Å². The number of rotatable bonds is 1. The topological polar surface area (TPSA) is 20.2 Å². The van der Waals surface area contributed by atoms with E-state index in [2.05, 4.69) is 0 Å². The number of phenolic OH excluding ortho intramolecular Hbond substituents is 1. The third-order valence-electron chi connectivity index (χ3n) is 2.18. The standard InChI is InChI=1S/C12H6ClF3O/c13-7-1-6(2-9(17)3-7)12-10(15)4-8(14)5-11(12)16/h1-5,17H. The summed E-state index contributed by atoms with van der Waals surface area (Å²) in [6.45, 7) is 0. The minimum absolute atomic E-state index is 0.0463. The molecular weight excluding hydrogens is 253 g/mol. The molecule has 17 heavy (non-hydrogen) atoms. The maximum atomic E-state index is 13.5. The van der Waals surface area contributed by atoms with Crippen molar-refractivity contribution in [2.75, 3.05) is 0 Å². The molecule has 5 heteroatoms. The van der Waals surface area contributed by atoms with Crippen LogP contribution in [0.2, 0.25) is 5.02 Å². The van der Waals surface area contributed by atoms with Crippen LogP contribution < -0.4 is 0 Å². The second-order valence-electron chi connectivity index (χ2n) is 3.44. The van der Waals surface area contributed by atoms with Crippen molar-refractivity contribution in [1.29, 1.82) is 0 Å². The highest BCUT2D eigenvalue weighted by Crippen LogP contribution is 2.31. The van der Waals surface area contributed by atoms with E-state index in [1.807, 2.05) is 0 Å². The zero-order chi connectivity index (χ0) is 12.6. The van der Waals surface area contributed by atoms with Crippen molar-refractivity contribution in [1.82, 2.24) is 0 Å². The average Bonchev–Trinajstić information content (AvgIpc) is 2.13.